The van der Waals surface area contributed by atoms with Gasteiger partial charge in [-0.2, -0.15) is 0 Å². The number of rotatable bonds is 2. The Hall–Kier alpha value is -1.67. The topological polar surface area (TPSA) is 102 Å². The Morgan fingerprint density at radius 3 is 2.63 bits per heavy atom. The number of carboxylic acid groups (broad SMARTS) is 1. The predicted molar refractivity (Wildman–Crippen MR) is 56.7 cm³/mol. The van der Waals surface area contributed by atoms with E-state index in [1.54, 1.807) is 0 Å². The first kappa shape index (κ1) is 12.4. The Bertz CT molecular complexity index is 421. The minimum Gasteiger partial charge on any atom is -0.450 e. The zero-order valence-electron chi connectivity index (χ0n) is 9.98. The number of imide groups is 1. The van der Waals surface area contributed by atoms with Crippen LogP contribution in [-0.2, 0) is 23.8 Å². The van der Waals surface area contributed by atoms with E-state index >= 15 is 0 Å². The van der Waals surface area contributed by atoms with Crippen molar-refractivity contribution in [1.82, 2.24) is 4.90 Å². The molecule has 0 aromatic rings. The van der Waals surface area contributed by atoms with Gasteiger partial charge in [-0.05, 0) is 6.42 Å². The fourth-order valence-corrected chi connectivity index (χ4v) is 2.81. The predicted octanol–water partition coefficient (Wildman–Crippen LogP) is -0.0825. The highest BCUT2D eigenvalue weighted by Crippen LogP contribution is 2.39. The summed E-state index contributed by atoms with van der Waals surface area (Å²) in [7, 11) is 0. The zero-order valence-corrected chi connectivity index (χ0v) is 9.98. The zero-order chi connectivity index (χ0) is 13.6. The maximum Gasteiger partial charge on any atom is 0.506 e. The van der Waals surface area contributed by atoms with Gasteiger partial charge in [0.1, 0.15) is 0 Å². The smallest absolute Gasteiger partial charge is 0.450 e. The van der Waals surface area contributed by atoms with Gasteiger partial charge >= 0.3 is 6.16 Å². The van der Waals surface area contributed by atoms with Crippen molar-refractivity contribution in [2.24, 2.45) is 5.92 Å². The third-order valence-electron chi connectivity index (χ3n) is 3.64. The molecule has 4 atom stereocenters. The van der Waals surface area contributed by atoms with Crippen LogP contribution in [0.3, 0.4) is 0 Å². The quantitative estimate of drug-likeness (QED) is 0.553. The summed E-state index contributed by atoms with van der Waals surface area (Å²) in [4.78, 5) is 35.1. The summed E-state index contributed by atoms with van der Waals surface area (Å²) in [6.07, 6.45) is -3.13. The van der Waals surface area contributed by atoms with Crippen molar-refractivity contribution in [2.45, 2.75) is 37.9 Å². The van der Waals surface area contributed by atoms with Crippen molar-refractivity contribution in [3.8, 4) is 0 Å². The SMILES string of the molecule is O=C(O)O[C@H]1C(N2C(=O)CCC2=O)O[C@H]2OCC[C@H]21. The highest BCUT2D eigenvalue weighted by molar-refractivity contribution is 6.02. The van der Waals surface area contributed by atoms with E-state index in [0.29, 0.717) is 13.0 Å². The van der Waals surface area contributed by atoms with E-state index in [1.807, 2.05) is 0 Å². The largest absolute Gasteiger partial charge is 0.506 e. The third-order valence-corrected chi connectivity index (χ3v) is 3.64. The monoisotopic (exact) mass is 271 g/mol. The average molecular weight is 271 g/mol. The lowest BCUT2D eigenvalue weighted by molar-refractivity contribution is -0.178. The second-order valence-corrected chi connectivity index (χ2v) is 4.72. The molecule has 0 radical (unpaired) electrons. The first-order chi connectivity index (χ1) is 9.08. The van der Waals surface area contributed by atoms with Crippen LogP contribution < -0.4 is 0 Å². The van der Waals surface area contributed by atoms with E-state index in [1.165, 1.54) is 0 Å². The highest BCUT2D eigenvalue weighted by atomic mass is 16.7. The third kappa shape index (κ3) is 1.96. The first-order valence-electron chi connectivity index (χ1n) is 6.09. The summed E-state index contributed by atoms with van der Waals surface area (Å²) >= 11 is 0. The summed E-state index contributed by atoms with van der Waals surface area (Å²) in [6.45, 7) is 0.448. The van der Waals surface area contributed by atoms with E-state index in [4.69, 9.17) is 19.3 Å². The Kier molecular flexibility index (Phi) is 2.90. The fourth-order valence-electron chi connectivity index (χ4n) is 2.81. The molecule has 0 aliphatic carbocycles. The summed E-state index contributed by atoms with van der Waals surface area (Å²) in [5.41, 5.74) is 0. The second kappa shape index (κ2) is 4.46. The molecule has 3 aliphatic heterocycles. The highest BCUT2D eigenvalue weighted by Gasteiger charge is 2.55. The Morgan fingerprint density at radius 1 is 1.32 bits per heavy atom. The van der Waals surface area contributed by atoms with Crippen molar-refractivity contribution in [1.29, 1.82) is 0 Å². The number of nitrogens with zero attached hydrogens (tertiary/aromatic N) is 1. The minimum absolute atomic E-state index is 0.120. The summed E-state index contributed by atoms with van der Waals surface area (Å²) < 4.78 is 15.6. The molecule has 8 nitrogen and oxygen atoms in total. The van der Waals surface area contributed by atoms with Crippen LogP contribution in [0.15, 0.2) is 0 Å². The molecular formula is C11H13NO7. The van der Waals surface area contributed by atoms with Gasteiger partial charge in [0.25, 0.3) is 0 Å². The van der Waals surface area contributed by atoms with Crippen molar-refractivity contribution < 1.29 is 33.7 Å². The van der Waals surface area contributed by atoms with Crippen LogP contribution in [0.5, 0.6) is 0 Å². The Morgan fingerprint density at radius 2 is 2.00 bits per heavy atom. The number of ether oxygens (including phenoxy) is 3. The van der Waals surface area contributed by atoms with Gasteiger partial charge in [-0.25, -0.2) is 4.79 Å². The van der Waals surface area contributed by atoms with Crippen molar-refractivity contribution in [3.63, 3.8) is 0 Å². The van der Waals surface area contributed by atoms with Crippen molar-refractivity contribution in [3.05, 3.63) is 0 Å². The summed E-state index contributed by atoms with van der Waals surface area (Å²) in [5, 5.41) is 8.78. The number of fused-ring (bicyclic) bond motifs is 1. The van der Waals surface area contributed by atoms with Crippen LogP contribution in [-0.4, -0.2) is 53.2 Å². The van der Waals surface area contributed by atoms with Crippen LogP contribution in [0.25, 0.3) is 0 Å². The van der Waals surface area contributed by atoms with Gasteiger partial charge in [-0.1, -0.05) is 0 Å². The molecule has 3 aliphatic rings. The molecule has 3 heterocycles. The number of carbonyl (C=O) groups excluding carboxylic acids is 2. The van der Waals surface area contributed by atoms with Gasteiger partial charge < -0.3 is 19.3 Å². The Labute approximate surface area is 108 Å². The molecule has 0 saturated carbocycles. The molecule has 0 aromatic carbocycles. The number of amides is 2. The molecule has 8 heteroatoms. The molecule has 0 bridgehead atoms. The van der Waals surface area contributed by atoms with E-state index in [0.717, 1.165) is 4.90 Å². The van der Waals surface area contributed by atoms with Crippen LogP contribution in [0.1, 0.15) is 19.3 Å². The van der Waals surface area contributed by atoms with Crippen LogP contribution >= 0.6 is 0 Å². The van der Waals surface area contributed by atoms with E-state index in [9.17, 15) is 14.4 Å². The lowest BCUT2D eigenvalue weighted by Gasteiger charge is -2.27. The average Bonchev–Trinajstić information content (AvgIpc) is 2.97. The normalized spacial score (nSPS) is 37.8. The number of carbonyl (C=O) groups is 3. The molecule has 104 valence electrons. The van der Waals surface area contributed by atoms with E-state index in [2.05, 4.69) is 0 Å². The number of hydrogen-bond donors (Lipinski definition) is 1. The standard InChI is InChI=1S/C11H13NO7/c13-6-1-2-7(14)12(6)9-8(18-11(15)16)5-3-4-17-10(5)19-9/h5,8-10H,1-4H2,(H,15,16)/t5-,8+,9?,10+/m0/s1. The van der Waals surface area contributed by atoms with E-state index in [-0.39, 0.29) is 30.6 Å². The van der Waals surface area contributed by atoms with Gasteiger partial charge in [0.2, 0.25) is 11.8 Å². The molecular weight excluding hydrogens is 258 g/mol. The molecule has 0 aromatic heterocycles. The summed E-state index contributed by atoms with van der Waals surface area (Å²) in [6, 6.07) is 0. The van der Waals surface area contributed by atoms with Gasteiger partial charge in [0, 0.05) is 12.8 Å². The van der Waals surface area contributed by atoms with Crippen LogP contribution in [0.2, 0.25) is 0 Å². The molecule has 3 fully saturated rings. The lowest BCUT2D eigenvalue weighted by atomic mass is 10.0. The van der Waals surface area contributed by atoms with Gasteiger partial charge in [0.05, 0.1) is 12.5 Å². The molecule has 3 saturated heterocycles. The van der Waals surface area contributed by atoms with Crippen molar-refractivity contribution in [2.75, 3.05) is 6.61 Å². The lowest BCUT2D eigenvalue weighted by Crippen LogP contribution is -2.47. The number of likely N-dealkylation sites (tertiary alicyclic amines) is 1. The minimum atomic E-state index is -1.45. The second-order valence-electron chi connectivity index (χ2n) is 4.72. The van der Waals surface area contributed by atoms with Gasteiger partial charge in [0.15, 0.2) is 18.6 Å². The van der Waals surface area contributed by atoms with Gasteiger partial charge in [-0.3, -0.25) is 14.5 Å². The number of hydrogen-bond acceptors (Lipinski definition) is 6. The molecule has 0 spiro atoms. The molecule has 19 heavy (non-hydrogen) atoms. The maximum atomic E-state index is 11.7. The molecule has 3 rings (SSSR count). The molecule has 1 unspecified atom stereocenters. The molecule has 2 amide bonds. The van der Waals surface area contributed by atoms with Crippen molar-refractivity contribution >= 4 is 18.0 Å². The molecule has 1 N–H and O–H groups in total. The summed E-state index contributed by atoms with van der Waals surface area (Å²) in [5.74, 6) is -1.01. The maximum absolute atomic E-state index is 11.7. The van der Waals surface area contributed by atoms with E-state index < -0.39 is 24.8 Å². The fraction of sp³-hybridized carbons (Fsp3) is 0.727. The van der Waals surface area contributed by atoms with Gasteiger partial charge in [-0.15, -0.1) is 0 Å². The van der Waals surface area contributed by atoms with Crippen LogP contribution in [0.4, 0.5) is 4.79 Å². The first-order valence-corrected chi connectivity index (χ1v) is 6.09. The van der Waals surface area contributed by atoms with Crippen LogP contribution in [0, 0.1) is 5.92 Å². The Balaban J connectivity index is 1.84.